The van der Waals surface area contributed by atoms with E-state index >= 15 is 0 Å². The predicted molar refractivity (Wildman–Crippen MR) is 96.0 cm³/mol. The number of hydrazine groups is 1. The normalized spacial score (nSPS) is 13.2. The third-order valence-electron chi connectivity index (χ3n) is 4.00. The van der Waals surface area contributed by atoms with Crippen molar-refractivity contribution in [2.24, 2.45) is 17.8 Å². The summed E-state index contributed by atoms with van der Waals surface area (Å²) in [6.07, 6.45) is 1.32. The first-order chi connectivity index (χ1) is 11.7. The van der Waals surface area contributed by atoms with Crippen LogP contribution in [0.15, 0.2) is 24.3 Å². The number of amides is 2. The Bertz CT molecular complexity index is 619. The molecule has 7 heteroatoms. The monoisotopic (exact) mass is 368 g/mol. The molecule has 0 saturated carbocycles. The quantitative estimate of drug-likeness (QED) is 0.613. The number of carbonyl (C=O) groups excluding carboxylic acids is 2. The van der Waals surface area contributed by atoms with Crippen molar-refractivity contribution in [1.82, 2.24) is 10.9 Å². The number of carboxylic acid groups (broad SMARTS) is 1. The SMILES string of the molecule is CC(C)CC[C@H](C(=O)O)[C@H](C)CC(=O)NNC(=O)c1ccccc1Cl. The van der Waals surface area contributed by atoms with Crippen LogP contribution in [-0.2, 0) is 9.59 Å². The highest BCUT2D eigenvalue weighted by Gasteiger charge is 2.26. The summed E-state index contributed by atoms with van der Waals surface area (Å²) in [5.74, 6) is -2.40. The Morgan fingerprint density at radius 2 is 1.72 bits per heavy atom. The fraction of sp³-hybridized carbons (Fsp3) is 0.500. The van der Waals surface area contributed by atoms with E-state index in [1.54, 1.807) is 31.2 Å². The van der Waals surface area contributed by atoms with Gasteiger partial charge in [0.2, 0.25) is 5.91 Å². The lowest BCUT2D eigenvalue weighted by atomic mass is 9.85. The molecule has 0 radical (unpaired) electrons. The molecule has 2 amide bonds. The van der Waals surface area contributed by atoms with Gasteiger partial charge in [-0.25, -0.2) is 0 Å². The van der Waals surface area contributed by atoms with E-state index in [0.29, 0.717) is 12.3 Å². The Labute approximate surface area is 152 Å². The lowest BCUT2D eigenvalue weighted by Gasteiger charge is -2.20. The van der Waals surface area contributed by atoms with Crippen LogP contribution in [-0.4, -0.2) is 22.9 Å². The number of rotatable bonds is 8. The molecule has 0 aliphatic rings. The van der Waals surface area contributed by atoms with Gasteiger partial charge in [0.1, 0.15) is 0 Å². The van der Waals surface area contributed by atoms with E-state index in [-0.39, 0.29) is 22.9 Å². The van der Waals surface area contributed by atoms with Crippen molar-refractivity contribution < 1.29 is 19.5 Å². The second-order valence-electron chi connectivity index (χ2n) is 6.58. The molecule has 138 valence electrons. The highest BCUT2D eigenvalue weighted by molar-refractivity contribution is 6.33. The van der Waals surface area contributed by atoms with E-state index in [2.05, 4.69) is 10.9 Å². The lowest BCUT2D eigenvalue weighted by molar-refractivity contribution is -0.144. The largest absolute Gasteiger partial charge is 0.481 e. The summed E-state index contributed by atoms with van der Waals surface area (Å²) in [6, 6.07) is 6.48. The number of carbonyl (C=O) groups is 3. The van der Waals surface area contributed by atoms with Gasteiger partial charge >= 0.3 is 5.97 Å². The van der Waals surface area contributed by atoms with E-state index in [1.807, 2.05) is 13.8 Å². The van der Waals surface area contributed by atoms with Gasteiger partial charge in [0.05, 0.1) is 16.5 Å². The summed E-state index contributed by atoms with van der Waals surface area (Å²) in [4.78, 5) is 35.4. The average molecular weight is 369 g/mol. The zero-order chi connectivity index (χ0) is 19.0. The molecular formula is C18H25ClN2O4. The molecule has 1 rings (SSSR count). The Balaban J connectivity index is 2.53. The van der Waals surface area contributed by atoms with E-state index in [0.717, 1.165) is 6.42 Å². The van der Waals surface area contributed by atoms with E-state index in [4.69, 9.17) is 11.6 Å². The van der Waals surface area contributed by atoms with Gasteiger partial charge in [-0.15, -0.1) is 0 Å². The average Bonchev–Trinajstić information content (AvgIpc) is 2.52. The van der Waals surface area contributed by atoms with Gasteiger partial charge in [-0.05, 0) is 30.4 Å². The van der Waals surface area contributed by atoms with Crippen molar-refractivity contribution in [3.05, 3.63) is 34.9 Å². The Morgan fingerprint density at radius 3 is 2.28 bits per heavy atom. The zero-order valence-electron chi connectivity index (χ0n) is 14.7. The molecule has 0 fully saturated rings. The van der Waals surface area contributed by atoms with Crippen LogP contribution in [0.5, 0.6) is 0 Å². The molecule has 0 aromatic heterocycles. The molecule has 0 heterocycles. The number of carboxylic acids is 1. The molecule has 1 aromatic carbocycles. The number of hydrogen-bond acceptors (Lipinski definition) is 3. The molecule has 2 atom stereocenters. The van der Waals surface area contributed by atoms with Gasteiger partial charge in [0.25, 0.3) is 5.91 Å². The smallest absolute Gasteiger partial charge is 0.306 e. The minimum atomic E-state index is -0.902. The second kappa shape index (κ2) is 10.0. The lowest BCUT2D eigenvalue weighted by Crippen LogP contribution is -2.42. The second-order valence-corrected chi connectivity index (χ2v) is 6.99. The molecule has 1 aromatic rings. The van der Waals surface area contributed by atoms with Crippen LogP contribution < -0.4 is 10.9 Å². The molecule has 0 aliphatic heterocycles. The molecule has 0 aliphatic carbocycles. The van der Waals surface area contributed by atoms with Crippen LogP contribution in [0.1, 0.15) is 50.4 Å². The summed E-state index contributed by atoms with van der Waals surface area (Å²) < 4.78 is 0. The van der Waals surface area contributed by atoms with Gasteiger partial charge < -0.3 is 5.11 Å². The summed E-state index contributed by atoms with van der Waals surface area (Å²) in [7, 11) is 0. The van der Waals surface area contributed by atoms with E-state index < -0.39 is 23.7 Å². The molecule has 3 N–H and O–H groups in total. The van der Waals surface area contributed by atoms with Crippen molar-refractivity contribution in [3.63, 3.8) is 0 Å². The van der Waals surface area contributed by atoms with Gasteiger partial charge in [-0.2, -0.15) is 0 Å². The standard InChI is InChI=1S/C18H25ClN2O4/c1-11(2)8-9-13(18(24)25)12(3)10-16(22)20-21-17(23)14-6-4-5-7-15(14)19/h4-7,11-13H,8-10H2,1-3H3,(H,20,22)(H,21,23)(H,24,25)/t12-,13+/m1/s1. The summed E-state index contributed by atoms with van der Waals surface area (Å²) in [5.41, 5.74) is 4.85. The Hall–Kier alpha value is -2.08. The topological polar surface area (TPSA) is 95.5 Å². The summed E-state index contributed by atoms with van der Waals surface area (Å²) in [6.45, 7) is 5.79. The van der Waals surface area contributed by atoms with Crippen LogP contribution in [0.4, 0.5) is 0 Å². The van der Waals surface area contributed by atoms with Crippen molar-refractivity contribution in [2.45, 2.75) is 40.0 Å². The minimum absolute atomic E-state index is 0.0118. The predicted octanol–water partition coefficient (Wildman–Crippen LogP) is 3.26. The van der Waals surface area contributed by atoms with Gasteiger partial charge in [-0.3, -0.25) is 25.2 Å². The van der Waals surface area contributed by atoms with Gasteiger partial charge in [-0.1, -0.05) is 50.9 Å². The Morgan fingerprint density at radius 1 is 1.08 bits per heavy atom. The van der Waals surface area contributed by atoms with Crippen molar-refractivity contribution >= 4 is 29.4 Å². The minimum Gasteiger partial charge on any atom is -0.481 e. The fourth-order valence-electron chi connectivity index (χ4n) is 2.49. The first-order valence-corrected chi connectivity index (χ1v) is 8.66. The number of nitrogens with one attached hydrogen (secondary N) is 2. The summed E-state index contributed by atoms with van der Waals surface area (Å²) in [5, 5.41) is 9.63. The highest BCUT2D eigenvalue weighted by Crippen LogP contribution is 2.23. The third-order valence-corrected chi connectivity index (χ3v) is 4.33. The number of benzene rings is 1. The Kier molecular flexibility index (Phi) is 8.41. The zero-order valence-corrected chi connectivity index (χ0v) is 15.5. The van der Waals surface area contributed by atoms with Crippen LogP contribution >= 0.6 is 11.6 Å². The fourth-order valence-corrected chi connectivity index (χ4v) is 2.71. The number of hydrogen-bond donors (Lipinski definition) is 3. The highest BCUT2D eigenvalue weighted by atomic mass is 35.5. The molecule has 0 spiro atoms. The third kappa shape index (κ3) is 7.13. The molecule has 0 saturated heterocycles. The molecule has 25 heavy (non-hydrogen) atoms. The van der Waals surface area contributed by atoms with Crippen molar-refractivity contribution in [2.75, 3.05) is 0 Å². The molecule has 0 bridgehead atoms. The van der Waals surface area contributed by atoms with Crippen molar-refractivity contribution in [3.8, 4) is 0 Å². The van der Waals surface area contributed by atoms with Crippen molar-refractivity contribution in [1.29, 1.82) is 0 Å². The maximum atomic E-state index is 12.0. The number of aliphatic carboxylic acids is 1. The van der Waals surface area contributed by atoms with Gasteiger partial charge in [0.15, 0.2) is 0 Å². The maximum Gasteiger partial charge on any atom is 0.306 e. The molecule has 6 nitrogen and oxygen atoms in total. The van der Waals surface area contributed by atoms with Gasteiger partial charge in [0, 0.05) is 6.42 Å². The van der Waals surface area contributed by atoms with Crippen LogP contribution in [0.2, 0.25) is 5.02 Å². The van der Waals surface area contributed by atoms with Crippen LogP contribution in [0.25, 0.3) is 0 Å². The van der Waals surface area contributed by atoms with E-state index in [9.17, 15) is 19.5 Å². The molecule has 0 unspecified atom stereocenters. The summed E-state index contributed by atoms with van der Waals surface area (Å²) >= 11 is 5.92. The van der Waals surface area contributed by atoms with Crippen LogP contribution in [0, 0.1) is 17.8 Å². The van der Waals surface area contributed by atoms with E-state index in [1.165, 1.54) is 0 Å². The first kappa shape index (κ1) is 21.0. The maximum absolute atomic E-state index is 12.0. The van der Waals surface area contributed by atoms with Crippen LogP contribution in [0.3, 0.4) is 0 Å². The first-order valence-electron chi connectivity index (χ1n) is 8.28. The molecular weight excluding hydrogens is 344 g/mol. The number of halogens is 1.